The summed E-state index contributed by atoms with van der Waals surface area (Å²) in [6.45, 7) is 10.1. The predicted molar refractivity (Wildman–Crippen MR) is 77.1 cm³/mol. The molecule has 0 fully saturated rings. The zero-order valence-electron chi connectivity index (χ0n) is 10.6. The number of rotatable bonds is 5. The maximum Gasteiger partial charge on any atom is 0.0701 e. The Hall–Kier alpha value is 0.140. The van der Waals surface area contributed by atoms with Gasteiger partial charge in [0.05, 0.1) is 3.79 Å². The smallest absolute Gasteiger partial charge is 0.0701 e. The fourth-order valence-corrected chi connectivity index (χ4v) is 3.22. The van der Waals surface area contributed by atoms with Crippen molar-refractivity contribution in [2.24, 2.45) is 5.41 Å². The summed E-state index contributed by atoms with van der Waals surface area (Å²) in [5, 5.41) is 3.57. The highest BCUT2D eigenvalue weighted by Crippen LogP contribution is 2.32. The van der Waals surface area contributed by atoms with Crippen LogP contribution in [0.25, 0.3) is 0 Å². The first-order valence-corrected chi connectivity index (χ1v) is 7.52. The van der Waals surface area contributed by atoms with Gasteiger partial charge in [-0.15, -0.1) is 11.3 Å². The second-order valence-corrected chi connectivity index (χ2v) is 7.85. The average Bonchev–Trinajstić information content (AvgIpc) is 2.57. The van der Waals surface area contributed by atoms with E-state index in [1.165, 1.54) is 21.5 Å². The Morgan fingerprint density at radius 1 is 1.38 bits per heavy atom. The second-order valence-electron chi connectivity index (χ2n) is 5.35. The van der Waals surface area contributed by atoms with E-state index in [-0.39, 0.29) is 0 Å². The molecule has 3 heteroatoms. The molecule has 0 spiro atoms. The molecule has 0 amide bonds. The molecule has 0 aliphatic carbocycles. The molecule has 0 radical (unpaired) electrons. The minimum Gasteiger partial charge on any atom is -0.310 e. The molecule has 1 atom stereocenters. The monoisotopic (exact) mass is 303 g/mol. The molecule has 0 aliphatic rings. The van der Waals surface area contributed by atoms with Crippen molar-refractivity contribution < 1.29 is 0 Å². The van der Waals surface area contributed by atoms with Crippen molar-refractivity contribution in [3.63, 3.8) is 0 Å². The second kappa shape index (κ2) is 6.18. The Morgan fingerprint density at radius 2 is 2.06 bits per heavy atom. The average molecular weight is 304 g/mol. The van der Waals surface area contributed by atoms with Gasteiger partial charge in [0, 0.05) is 10.9 Å². The minimum absolute atomic E-state index is 0.419. The Kier molecular flexibility index (Phi) is 5.48. The lowest BCUT2D eigenvalue weighted by Gasteiger charge is -2.23. The molecular formula is C13H22BrNS. The first-order valence-electron chi connectivity index (χ1n) is 5.91. The lowest BCUT2D eigenvalue weighted by Crippen LogP contribution is -2.21. The van der Waals surface area contributed by atoms with Gasteiger partial charge < -0.3 is 5.32 Å². The number of thiophene rings is 1. The topological polar surface area (TPSA) is 12.0 Å². The molecule has 1 nitrogen and oxygen atoms in total. The Labute approximate surface area is 112 Å². The molecule has 0 bridgehead atoms. The lowest BCUT2D eigenvalue weighted by atomic mass is 9.88. The van der Waals surface area contributed by atoms with Gasteiger partial charge in [-0.3, -0.25) is 0 Å². The van der Waals surface area contributed by atoms with Crippen LogP contribution < -0.4 is 5.32 Å². The van der Waals surface area contributed by atoms with Crippen molar-refractivity contribution in [1.29, 1.82) is 0 Å². The van der Waals surface area contributed by atoms with Crippen LogP contribution in [0.15, 0.2) is 15.9 Å². The van der Waals surface area contributed by atoms with E-state index < -0.39 is 0 Å². The van der Waals surface area contributed by atoms with Crippen molar-refractivity contribution in [2.75, 3.05) is 6.54 Å². The van der Waals surface area contributed by atoms with Gasteiger partial charge in [-0.2, -0.15) is 0 Å². The molecule has 92 valence electrons. The van der Waals surface area contributed by atoms with Crippen LogP contribution in [0.2, 0.25) is 0 Å². The molecule has 1 rings (SSSR count). The van der Waals surface area contributed by atoms with E-state index in [1.54, 1.807) is 0 Å². The molecular weight excluding hydrogens is 282 g/mol. The van der Waals surface area contributed by atoms with E-state index in [2.05, 4.69) is 61.1 Å². The Bertz CT molecular complexity index is 314. The molecule has 0 aromatic carbocycles. The number of hydrogen-bond acceptors (Lipinski definition) is 2. The Balaban J connectivity index is 2.61. The number of nitrogens with one attached hydrogen (secondary N) is 1. The zero-order valence-corrected chi connectivity index (χ0v) is 13.0. The fourth-order valence-electron chi connectivity index (χ4n) is 1.68. The van der Waals surface area contributed by atoms with Crippen molar-refractivity contribution in [1.82, 2.24) is 5.32 Å². The largest absolute Gasteiger partial charge is 0.310 e. The van der Waals surface area contributed by atoms with Crippen LogP contribution in [0, 0.1) is 5.41 Å². The SMILES string of the molecule is CCNC(CCC(C)(C)C)c1ccc(Br)s1. The van der Waals surface area contributed by atoms with Gasteiger partial charge in [0.1, 0.15) is 0 Å². The minimum atomic E-state index is 0.419. The van der Waals surface area contributed by atoms with Crippen LogP contribution in [0.5, 0.6) is 0 Å². The van der Waals surface area contributed by atoms with E-state index in [4.69, 9.17) is 0 Å². The highest BCUT2D eigenvalue weighted by molar-refractivity contribution is 9.11. The van der Waals surface area contributed by atoms with Gasteiger partial charge in [-0.25, -0.2) is 0 Å². The molecule has 1 aromatic heterocycles. The summed E-state index contributed by atoms with van der Waals surface area (Å²) in [5.74, 6) is 0. The van der Waals surface area contributed by atoms with Crippen LogP contribution in [0.3, 0.4) is 0 Å². The lowest BCUT2D eigenvalue weighted by molar-refractivity contribution is 0.335. The van der Waals surface area contributed by atoms with E-state index in [0.717, 1.165) is 6.54 Å². The number of hydrogen-bond donors (Lipinski definition) is 1. The van der Waals surface area contributed by atoms with Crippen LogP contribution in [-0.2, 0) is 0 Å². The van der Waals surface area contributed by atoms with E-state index in [0.29, 0.717) is 11.5 Å². The summed E-state index contributed by atoms with van der Waals surface area (Å²) >= 11 is 5.37. The molecule has 0 saturated heterocycles. The highest BCUT2D eigenvalue weighted by atomic mass is 79.9. The summed E-state index contributed by atoms with van der Waals surface area (Å²) in [4.78, 5) is 1.44. The maximum atomic E-state index is 3.57. The quantitative estimate of drug-likeness (QED) is 0.808. The maximum absolute atomic E-state index is 3.57. The van der Waals surface area contributed by atoms with Gasteiger partial charge in [0.25, 0.3) is 0 Å². The zero-order chi connectivity index (χ0) is 12.2. The van der Waals surface area contributed by atoms with E-state index >= 15 is 0 Å². The summed E-state index contributed by atoms with van der Waals surface area (Å²) in [6, 6.07) is 4.88. The van der Waals surface area contributed by atoms with Crippen LogP contribution in [0.4, 0.5) is 0 Å². The van der Waals surface area contributed by atoms with E-state index in [9.17, 15) is 0 Å². The van der Waals surface area contributed by atoms with Crippen molar-refractivity contribution in [3.05, 3.63) is 20.8 Å². The first kappa shape index (κ1) is 14.2. The van der Waals surface area contributed by atoms with Gasteiger partial charge in [-0.1, -0.05) is 27.7 Å². The van der Waals surface area contributed by atoms with Gasteiger partial charge in [0.15, 0.2) is 0 Å². The molecule has 0 aliphatic heterocycles. The third-order valence-electron chi connectivity index (χ3n) is 2.57. The summed E-state index contributed by atoms with van der Waals surface area (Å²) in [5.41, 5.74) is 0.419. The highest BCUT2D eigenvalue weighted by Gasteiger charge is 2.17. The molecule has 0 saturated carbocycles. The fraction of sp³-hybridized carbons (Fsp3) is 0.692. The van der Waals surface area contributed by atoms with Gasteiger partial charge in [0.2, 0.25) is 0 Å². The van der Waals surface area contributed by atoms with Crippen LogP contribution in [-0.4, -0.2) is 6.54 Å². The summed E-state index contributed by atoms with van der Waals surface area (Å²) in [6.07, 6.45) is 2.46. The normalized spacial score (nSPS) is 14.1. The third kappa shape index (κ3) is 4.98. The Morgan fingerprint density at radius 3 is 2.50 bits per heavy atom. The van der Waals surface area contributed by atoms with Crippen LogP contribution >= 0.6 is 27.3 Å². The van der Waals surface area contributed by atoms with Crippen molar-refractivity contribution in [3.8, 4) is 0 Å². The van der Waals surface area contributed by atoms with Gasteiger partial charge in [-0.05, 0) is 52.9 Å². The van der Waals surface area contributed by atoms with Crippen LogP contribution in [0.1, 0.15) is 51.5 Å². The standard InChI is InChI=1S/C13H22BrNS/c1-5-15-10(8-9-13(2,3)4)11-6-7-12(14)16-11/h6-7,10,15H,5,8-9H2,1-4H3. The summed E-state index contributed by atoms with van der Waals surface area (Å²) in [7, 11) is 0. The third-order valence-corrected chi connectivity index (χ3v) is 4.31. The number of halogens is 1. The molecule has 16 heavy (non-hydrogen) atoms. The van der Waals surface area contributed by atoms with Crippen molar-refractivity contribution >= 4 is 27.3 Å². The summed E-state index contributed by atoms with van der Waals surface area (Å²) < 4.78 is 1.22. The van der Waals surface area contributed by atoms with Crippen molar-refractivity contribution in [2.45, 2.75) is 46.6 Å². The van der Waals surface area contributed by atoms with Gasteiger partial charge >= 0.3 is 0 Å². The first-order chi connectivity index (χ1) is 7.42. The molecule has 1 aromatic rings. The molecule has 1 unspecified atom stereocenters. The molecule has 1 heterocycles. The van der Waals surface area contributed by atoms with E-state index in [1.807, 2.05) is 11.3 Å². The predicted octanol–water partition coefficient (Wildman–Crippen LogP) is 4.99. The molecule has 1 N–H and O–H groups in total.